The number of nitrogens with zero attached hydrogens (tertiary/aromatic N) is 1. The third kappa shape index (κ3) is 2.03. The number of anilines is 1. The van der Waals surface area contributed by atoms with Gasteiger partial charge < -0.3 is 10.2 Å². The third-order valence-corrected chi connectivity index (χ3v) is 4.70. The quantitative estimate of drug-likeness (QED) is 0.860. The Hall–Kier alpha value is -1.02. The minimum Gasteiger partial charge on any atom is -0.363 e. The Kier molecular flexibility index (Phi) is 3.29. The maximum Gasteiger partial charge on any atom is 0.0526 e. The summed E-state index contributed by atoms with van der Waals surface area (Å²) in [7, 11) is 0. The van der Waals surface area contributed by atoms with Crippen LogP contribution in [0.25, 0.3) is 0 Å². The molecule has 1 aromatic rings. The van der Waals surface area contributed by atoms with Crippen molar-refractivity contribution in [1.29, 1.82) is 0 Å². The molecule has 2 aliphatic rings. The van der Waals surface area contributed by atoms with Crippen LogP contribution in [0, 0.1) is 0 Å². The summed E-state index contributed by atoms with van der Waals surface area (Å²) in [4.78, 5) is 2.69. The van der Waals surface area contributed by atoms with Gasteiger partial charge in [-0.1, -0.05) is 31.9 Å². The molecule has 0 bridgehead atoms. The molecule has 3 rings (SSSR count). The molecule has 98 valence electrons. The molecule has 0 radical (unpaired) electrons. The van der Waals surface area contributed by atoms with Gasteiger partial charge in [0.1, 0.15) is 0 Å². The number of nitrogens with one attached hydrogen (secondary N) is 1. The Morgan fingerprint density at radius 1 is 1.28 bits per heavy atom. The molecular formula is C16H24N2. The summed E-state index contributed by atoms with van der Waals surface area (Å²) >= 11 is 0. The van der Waals surface area contributed by atoms with E-state index in [1.54, 1.807) is 0 Å². The third-order valence-electron chi connectivity index (χ3n) is 4.70. The maximum absolute atomic E-state index is 3.60. The highest BCUT2D eigenvalue weighted by Crippen LogP contribution is 2.39. The molecular weight excluding hydrogens is 220 g/mol. The Morgan fingerprint density at radius 3 is 2.89 bits per heavy atom. The van der Waals surface area contributed by atoms with E-state index in [2.05, 4.69) is 41.4 Å². The minimum atomic E-state index is 0.407. The molecule has 18 heavy (non-hydrogen) atoms. The fraction of sp³-hybridized carbons (Fsp3) is 0.625. The van der Waals surface area contributed by atoms with Crippen molar-refractivity contribution in [1.82, 2.24) is 5.32 Å². The first-order valence-corrected chi connectivity index (χ1v) is 7.41. The highest BCUT2D eigenvalue weighted by Gasteiger charge is 2.41. The molecule has 2 heteroatoms. The van der Waals surface area contributed by atoms with E-state index in [4.69, 9.17) is 0 Å². The molecule has 1 aliphatic heterocycles. The van der Waals surface area contributed by atoms with E-state index >= 15 is 0 Å². The van der Waals surface area contributed by atoms with E-state index in [9.17, 15) is 0 Å². The lowest BCUT2D eigenvalue weighted by molar-refractivity contribution is 0.332. The highest BCUT2D eigenvalue weighted by atomic mass is 15.3. The first-order chi connectivity index (χ1) is 8.84. The van der Waals surface area contributed by atoms with Gasteiger partial charge in [0, 0.05) is 25.3 Å². The molecule has 1 saturated carbocycles. The van der Waals surface area contributed by atoms with Crippen LogP contribution in [-0.4, -0.2) is 25.2 Å². The molecule has 1 saturated heterocycles. The Morgan fingerprint density at radius 2 is 2.11 bits per heavy atom. The predicted molar refractivity (Wildman–Crippen MR) is 77.2 cm³/mol. The van der Waals surface area contributed by atoms with Gasteiger partial charge in [-0.15, -0.1) is 0 Å². The van der Waals surface area contributed by atoms with Gasteiger partial charge in [0.15, 0.2) is 0 Å². The van der Waals surface area contributed by atoms with Crippen LogP contribution < -0.4 is 10.2 Å². The summed E-state index contributed by atoms with van der Waals surface area (Å²) in [5, 5.41) is 3.60. The summed E-state index contributed by atoms with van der Waals surface area (Å²) in [5.41, 5.74) is 3.31. The van der Waals surface area contributed by atoms with E-state index in [-0.39, 0.29) is 0 Å². The zero-order valence-corrected chi connectivity index (χ0v) is 11.4. The molecule has 0 unspecified atom stereocenters. The second-order valence-electron chi connectivity index (χ2n) is 5.78. The minimum absolute atomic E-state index is 0.407. The average molecular weight is 244 g/mol. The predicted octanol–water partition coefficient (Wildman–Crippen LogP) is 2.97. The van der Waals surface area contributed by atoms with Crippen LogP contribution in [0.4, 0.5) is 5.69 Å². The van der Waals surface area contributed by atoms with Crippen LogP contribution in [0.15, 0.2) is 24.3 Å². The standard InChI is InChI=1S/C16H24N2/c1-2-14-6-5-7-15(12-14)18-11-10-17-13-16(18)8-3-4-9-16/h5-7,12,17H,2-4,8-11,13H2,1H3. The lowest BCUT2D eigenvalue weighted by Gasteiger charge is -2.47. The van der Waals surface area contributed by atoms with Crippen LogP contribution in [0.3, 0.4) is 0 Å². The molecule has 1 N–H and O–H groups in total. The van der Waals surface area contributed by atoms with Crippen molar-refractivity contribution in [3.8, 4) is 0 Å². The summed E-state index contributed by atoms with van der Waals surface area (Å²) in [6.45, 7) is 5.69. The molecule has 1 aromatic carbocycles. The number of rotatable bonds is 2. The summed E-state index contributed by atoms with van der Waals surface area (Å²) in [5.74, 6) is 0. The number of aryl methyl sites for hydroxylation is 1. The Bertz CT molecular complexity index is 407. The van der Waals surface area contributed by atoms with Crippen molar-refractivity contribution in [2.45, 2.75) is 44.6 Å². The first kappa shape index (κ1) is 12.0. The monoisotopic (exact) mass is 244 g/mol. The fourth-order valence-electron chi connectivity index (χ4n) is 3.67. The second-order valence-corrected chi connectivity index (χ2v) is 5.78. The number of benzene rings is 1. The fourth-order valence-corrected chi connectivity index (χ4v) is 3.67. The molecule has 0 atom stereocenters. The van der Waals surface area contributed by atoms with Gasteiger partial charge in [0.2, 0.25) is 0 Å². The first-order valence-electron chi connectivity index (χ1n) is 7.41. The van der Waals surface area contributed by atoms with E-state index in [0.717, 1.165) is 19.5 Å². The van der Waals surface area contributed by atoms with Crippen LogP contribution in [-0.2, 0) is 6.42 Å². The van der Waals surface area contributed by atoms with Gasteiger partial charge in [0.25, 0.3) is 0 Å². The van der Waals surface area contributed by atoms with Gasteiger partial charge in [-0.25, -0.2) is 0 Å². The van der Waals surface area contributed by atoms with Gasteiger partial charge in [0.05, 0.1) is 5.54 Å². The van der Waals surface area contributed by atoms with Crippen molar-refractivity contribution in [3.63, 3.8) is 0 Å². The zero-order valence-electron chi connectivity index (χ0n) is 11.4. The van der Waals surface area contributed by atoms with Crippen molar-refractivity contribution >= 4 is 5.69 Å². The van der Waals surface area contributed by atoms with Gasteiger partial charge in [-0.05, 0) is 37.0 Å². The smallest absolute Gasteiger partial charge is 0.0526 e. The average Bonchev–Trinajstić information content (AvgIpc) is 2.88. The van der Waals surface area contributed by atoms with Crippen molar-refractivity contribution in [3.05, 3.63) is 29.8 Å². The largest absolute Gasteiger partial charge is 0.363 e. The normalized spacial score (nSPS) is 22.6. The SMILES string of the molecule is CCc1cccc(N2CCNCC23CCCC3)c1. The lowest BCUT2D eigenvalue weighted by Crippen LogP contribution is -2.60. The molecule has 1 spiro atoms. The van der Waals surface area contributed by atoms with Crippen molar-refractivity contribution < 1.29 is 0 Å². The molecule has 2 fully saturated rings. The summed E-state index contributed by atoms with van der Waals surface area (Å²) in [6, 6.07) is 9.15. The topological polar surface area (TPSA) is 15.3 Å². The maximum atomic E-state index is 3.60. The lowest BCUT2D eigenvalue weighted by atomic mass is 9.91. The molecule has 1 heterocycles. The summed E-state index contributed by atoms with van der Waals surface area (Å²) < 4.78 is 0. The number of hydrogen-bond acceptors (Lipinski definition) is 2. The summed E-state index contributed by atoms with van der Waals surface area (Å²) in [6.07, 6.45) is 6.64. The highest BCUT2D eigenvalue weighted by molar-refractivity contribution is 5.52. The van der Waals surface area contributed by atoms with E-state index in [0.29, 0.717) is 5.54 Å². The van der Waals surface area contributed by atoms with Crippen LogP contribution in [0.1, 0.15) is 38.2 Å². The number of hydrogen-bond donors (Lipinski definition) is 1. The molecule has 2 nitrogen and oxygen atoms in total. The van der Waals surface area contributed by atoms with Gasteiger partial charge in [-0.3, -0.25) is 0 Å². The van der Waals surface area contributed by atoms with E-state index in [1.165, 1.54) is 43.5 Å². The van der Waals surface area contributed by atoms with Gasteiger partial charge >= 0.3 is 0 Å². The van der Waals surface area contributed by atoms with E-state index < -0.39 is 0 Å². The van der Waals surface area contributed by atoms with Gasteiger partial charge in [-0.2, -0.15) is 0 Å². The molecule has 0 amide bonds. The van der Waals surface area contributed by atoms with E-state index in [1.807, 2.05) is 0 Å². The van der Waals surface area contributed by atoms with Crippen LogP contribution in [0.5, 0.6) is 0 Å². The van der Waals surface area contributed by atoms with Crippen molar-refractivity contribution in [2.75, 3.05) is 24.5 Å². The number of piperazine rings is 1. The van der Waals surface area contributed by atoms with Crippen LogP contribution >= 0.6 is 0 Å². The molecule has 0 aromatic heterocycles. The molecule has 1 aliphatic carbocycles. The Labute approximate surface area is 110 Å². The van der Waals surface area contributed by atoms with Crippen LogP contribution in [0.2, 0.25) is 0 Å². The Balaban J connectivity index is 1.92. The van der Waals surface area contributed by atoms with Crippen molar-refractivity contribution in [2.24, 2.45) is 0 Å². The second kappa shape index (κ2) is 4.93. The zero-order chi connectivity index (χ0) is 12.4.